The minimum absolute atomic E-state index is 0.131. The first-order chi connectivity index (χ1) is 20.8. The molecule has 3 aromatic rings. The van der Waals surface area contributed by atoms with E-state index >= 15 is 0 Å². The number of ether oxygens (including phenoxy) is 1. The normalized spacial score (nSPS) is 21.0. The Bertz CT molecular complexity index is 1420. The second-order valence-corrected chi connectivity index (χ2v) is 12.9. The minimum Gasteiger partial charge on any atom is -0.444 e. The van der Waals surface area contributed by atoms with Crippen LogP contribution in [0.4, 0.5) is 23.9 Å². The van der Waals surface area contributed by atoms with Gasteiger partial charge >= 0.3 is 12.3 Å². The molecule has 0 spiro atoms. The topological polar surface area (TPSA) is 95.7 Å². The van der Waals surface area contributed by atoms with Crippen LogP contribution in [0, 0.1) is 0 Å². The van der Waals surface area contributed by atoms with Gasteiger partial charge in [0.05, 0.1) is 12.5 Å². The molecule has 1 aliphatic heterocycles. The molecular formula is C32H43F3N6O3. The third kappa shape index (κ3) is 7.82. The molecule has 2 N–H and O–H groups in total. The lowest BCUT2D eigenvalue weighted by Gasteiger charge is -2.38. The van der Waals surface area contributed by atoms with E-state index in [0.29, 0.717) is 31.6 Å². The number of rotatable bonds is 7. The van der Waals surface area contributed by atoms with Crippen LogP contribution in [0.1, 0.15) is 77.4 Å². The highest BCUT2D eigenvalue weighted by Gasteiger charge is 2.29. The van der Waals surface area contributed by atoms with E-state index in [1.807, 2.05) is 20.8 Å². The number of benzene rings is 1. The summed E-state index contributed by atoms with van der Waals surface area (Å²) in [7, 11) is 0. The van der Waals surface area contributed by atoms with Gasteiger partial charge in [0.25, 0.3) is 0 Å². The highest BCUT2D eigenvalue weighted by atomic mass is 19.4. The number of carbonyl (C=O) groups is 1. The first-order valence-electron chi connectivity index (χ1n) is 15.5. The number of alkyl halides is 3. The molecule has 1 aromatic carbocycles. The minimum atomic E-state index is -4.26. The van der Waals surface area contributed by atoms with E-state index in [4.69, 9.17) is 4.74 Å². The molecule has 12 heteroatoms. The maximum atomic E-state index is 12.7. The van der Waals surface area contributed by atoms with Gasteiger partial charge in [-0.05, 0) is 64.5 Å². The molecule has 1 saturated carbocycles. The van der Waals surface area contributed by atoms with Gasteiger partial charge in [-0.1, -0.05) is 24.3 Å². The monoisotopic (exact) mass is 616 g/mol. The number of halogens is 3. The smallest absolute Gasteiger partial charge is 0.410 e. The lowest BCUT2D eigenvalue weighted by atomic mass is 9.93. The largest absolute Gasteiger partial charge is 0.444 e. The van der Waals surface area contributed by atoms with Gasteiger partial charge in [-0.25, -0.2) is 9.78 Å². The number of nitrogens with one attached hydrogen (secondary N) is 1. The van der Waals surface area contributed by atoms with Gasteiger partial charge in [0.1, 0.15) is 11.2 Å². The molecule has 2 aliphatic rings. The predicted octanol–water partition coefficient (Wildman–Crippen LogP) is 6.55. The fourth-order valence-electron chi connectivity index (χ4n) is 6.05. The van der Waals surface area contributed by atoms with Gasteiger partial charge in [-0.3, -0.25) is 4.90 Å². The molecule has 1 unspecified atom stereocenters. The summed E-state index contributed by atoms with van der Waals surface area (Å²) in [6, 6.07) is 8.70. The zero-order valence-corrected chi connectivity index (χ0v) is 25.9. The van der Waals surface area contributed by atoms with Crippen molar-refractivity contribution in [1.29, 1.82) is 0 Å². The van der Waals surface area contributed by atoms with E-state index < -0.39 is 18.2 Å². The van der Waals surface area contributed by atoms with E-state index in [1.54, 1.807) is 11.1 Å². The number of aromatic nitrogens is 3. The fourth-order valence-corrected chi connectivity index (χ4v) is 6.05. The molecule has 2 aromatic heterocycles. The summed E-state index contributed by atoms with van der Waals surface area (Å²) in [5.74, 6) is 0.166. The number of piperazine rings is 1. The number of nitrogens with zero attached hydrogens (tertiary/aromatic N) is 5. The van der Waals surface area contributed by atoms with Gasteiger partial charge in [0.2, 0.25) is 5.95 Å². The third-order valence-corrected chi connectivity index (χ3v) is 8.54. The van der Waals surface area contributed by atoms with Crippen molar-refractivity contribution < 1.29 is 27.8 Å². The molecule has 0 bridgehead atoms. The van der Waals surface area contributed by atoms with Crippen molar-refractivity contribution in [1.82, 2.24) is 24.3 Å². The Kier molecular flexibility index (Phi) is 9.41. The lowest BCUT2D eigenvalue weighted by Crippen LogP contribution is -2.50. The Balaban J connectivity index is 1.33. The van der Waals surface area contributed by atoms with Crippen molar-refractivity contribution in [3.05, 3.63) is 42.2 Å². The van der Waals surface area contributed by atoms with E-state index in [0.717, 1.165) is 48.0 Å². The fraction of sp³-hybridized carbons (Fsp3) is 0.594. The van der Waals surface area contributed by atoms with Crippen molar-refractivity contribution in [3.8, 4) is 11.1 Å². The molecule has 1 aliphatic carbocycles. The highest BCUT2D eigenvalue weighted by Crippen LogP contribution is 2.37. The summed E-state index contributed by atoms with van der Waals surface area (Å²) in [4.78, 5) is 25.6. The maximum Gasteiger partial charge on any atom is 0.410 e. The number of hydrogen-bond acceptors (Lipinski definition) is 7. The summed E-state index contributed by atoms with van der Waals surface area (Å²) < 4.78 is 45.7. The van der Waals surface area contributed by atoms with Crippen molar-refractivity contribution >= 4 is 23.1 Å². The van der Waals surface area contributed by atoms with Gasteiger partial charge < -0.3 is 24.6 Å². The zero-order chi connectivity index (χ0) is 31.6. The zero-order valence-electron chi connectivity index (χ0n) is 25.9. The molecule has 1 atom stereocenters. The Morgan fingerprint density at radius 1 is 1.07 bits per heavy atom. The molecule has 3 heterocycles. The van der Waals surface area contributed by atoms with Crippen molar-refractivity contribution in [2.45, 2.75) is 89.8 Å². The van der Waals surface area contributed by atoms with E-state index in [-0.39, 0.29) is 36.8 Å². The first kappa shape index (κ1) is 32.0. The molecule has 9 nitrogen and oxygen atoms in total. The number of hydrogen-bond donors (Lipinski definition) is 2. The average molecular weight is 617 g/mol. The van der Waals surface area contributed by atoms with E-state index in [1.165, 1.54) is 0 Å². The number of aliphatic hydroxyl groups is 1. The third-order valence-electron chi connectivity index (χ3n) is 8.54. The van der Waals surface area contributed by atoms with Crippen LogP contribution in [0.25, 0.3) is 22.2 Å². The molecular weight excluding hydrogens is 573 g/mol. The number of amides is 1. The van der Waals surface area contributed by atoms with Crippen LogP contribution < -0.4 is 5.32 Å². The van der Waals surface area contributed by atoms with Crippen LogP contribution in [0.5, 0.6) is 0 Å². The summed E-state index contributed by atoms with van der Waals surface area (Å²) in [5.41, 5.74) is 3.27. The van der Waals surface area contributed by atoms with Crippen molar-refractivity contribution in [2.75, 3.05) is 38.0 Å². The molecule has 0 radical (unpaired) electrons. The van der Waals surface area contributed by atoms with Crippen LogP contribution in [-0.2, 0) is 4.74 Å². The van der Waals surface area contributed by atoms with Crippen molar-refractivity contribution in [3.63, 3.8) is 0 Å². The maximum absolute atomic E-state index is 12.7. The first-order valence-corrected chi connectivity index (χ1v) is 15.5. The Hall–Kier alpha value is -3.38. The number of aliphatic hydroxyl groups excluding tert-OH is 1. The molecule has 240 valence electrons. The molecule has 5 rings (SSSR count). The lowest BCUT2D eigenvalue weighted by molar-refractivity contribution is -0.131. The second kappa shape index (κ2) is 12.9. The SMILES string of the molecule is CC(c1ccc(-c2cn(C3CCC(O)CC3)c3nc(NCCC(F)(F)F)ncc23)cc1)N1CCN(C(=O)OC(C)(C)C)CC1. The van der Waals surface area contributed by atoms with Gasteiger partial charge in [-0.15, -0.1) is 0 Å². The summed E-state index contributed by atoms with van der Waals surface area (Å²) in [6.07, 6.45) is 0.920. The number of carbonyl (C=O) groups excluding carboxylic acids is 1. The Morgan fingerprint density at radius 3 is 2.34 bits per heavy atom. The molecule has 44 heavy (non-hydrogen) atoms. The average Bonchev–Trinajstić information content (AvgIpc) is 3.35. The van der Waals surface area contributed by atoms with E-state index in [2.05, 4.69) is 62.1 Å². The summed E-state index contributed by atoms with van der Waals surface area (Å²) >= 11 is 0. The quantitative estimate of drug-likeness (QED) is 0.311. The second-order valence-electron chi connectivity index (χ2n) is 12.9. The van der Waals surface area contributed by atoms with Gasteiger partial charge in [-0.2, -0.15) is 18.2 Å². The van der Waals surface area contributed by atoms with Gasteiger partial charge in [0, 0.05) is 68.2 Å². The van der Waals surface area contributed by atoms with Gasteiger partial charge in [0.15, 0.2) is 0 Å². The highest BCUT2D eigenvalue weighted by molar-refractivity contribution is 5.94. The van der Waals surface area contributed by atoms with Crippen LogP contribution in [-0.4, -0.2) is 86.1 Å². The molecule has 1 amide bonds. The summed E-state index contributed by atoms with van der Waals surface area (Å²) in [6.45, 7) is 10.2. The van der Waals surface area contributed by atoms with Crippen LogP contribution >= 0.6 is 0 Å². The van der Waals surface area contributed by atoms with E-state index in [9.17, 15) is 23.1 Å². The number of fused-ring (bicyclic) bond motifs is 1. The van der Waals surface area contributed by atoms with Crippen LogP contribution in [0.2, 0.25) is 0 Å². The van der Waals surface area contributed by atoms with Crippen molar-refractivity contribution in [2.24, 2.45) is 0 Å². The molecule has 1 saturated heterocycles. The standard InChI is InChI=1S/C32H43F3N6O3/c1-21(39-15-17-40(18-16-39)30(43)44-31(2,3)4)22-5-7-23(8-6-22)27-20-41(24-9-11-25(42)12-10-24)28-26(27)19-37-29(38-28)36-14-13-32(33,34)35/h5-8,19-21,24-25,42H,9-18H2,1-4H3,(H,36,37,38). The Labute approximate surface area is 256 Å². The summed E-state index contributed by atoms with van der Waals surface area (Å²) in [5, 5.41) is 13.6. The van der Waals surface area contributed by atoms with Crippen LogP contribution in [0.15, 0.2) is 36.7 Å². The Morgan fingerprint density at radius 2 is 1.73 bits per heavy atom. The van der Waals surface area contributed by atoms with Crippen LogP contribution in [0.3, 0.4) is 0 Å². The molecule has 2 fully saturated rings. The number of anilines is 1. The predicted molar refractivity (Wildman–Crippen MR) is 163 cm³/mol.